The summed E-state index contributed by atoms with van der Waals surface area (Å²) in [4.78, 5) is 10.5. The van der Waals surface area contributed by atoms with E-state index in [9.17, 15) is 9.90 Å². The van der Waals surface area contributed by atoms with Gasteiger partial charge in [0.2, 0.25) is 0 Å². The number of pyridine rings is 1. The van der Waals surface area contributed by atoms with Crippen molar-refractivity contribution >= 4 is 11.5 Å². The molecular formula is C10H10N2O3. The highest BCUT2D eigenvalue weighted by molar-refractivity contribution is 5.68. The van der Waals surface area contributed by atoms with Crippen LogP contribution < -0.4 is 0 Å². The predicted octanol–water partition coefficient (Wildman–Crippen LogP) is 0.842. The van der Waals surface area contributed by atoms with E-state index in [1.807, 2.05) is 12.1 Å². The molecule has 0 spiro atoms. The Bertz CT molecular complexity index is 492. The van der Waals surface area contributed by atoms with Crippen molar-refractivity contribution in [3.63, 3.8) is 0 Å². The third-order valence-corrected chi connectivity index (χ3v) is 2.18. The second kappa shape index (κ2) is 3.70. The molecule has 0 amide bonds. The van der Waals surface area contributed by atoms with Crippen LogP contribution in [0.1, 0.15) is 18.1 Å². The Balaban J connectivity index is 2.39. The second-order valence-electron chi connectivity index (χ2n) is 3.24. The van der Waals surface area contributed by atoms with E-state index < -0.39 is 12.1 Å². The third kappa shape index (κ3) is 1.82. The summed E-state index contributed by atoms with van der Waals surface area (Å²) in [5.74, 6) is -1.03. The molecule has 0 unspecified atom stereocenters. The Morgan fingerprint density at radius 2 is 2.33 bits per heavy atom. The number of hydrogen-bond donors (Lipinski definition) is 2. The van der Waals surface area contributed by atoms with E-state index in [2.05, 4.69) is 5.10 Å². The lowest BCUT2D eigenvalue weighted by Crippen LogP contribution is -2.04. The van der Waals surface area contributed by atoms with Gasteiger partial charge < -0.3 is 10.2 Å². The van der Waals surface area contributed by atoms with Crippen LogP contribution in [-0.2, 0) is 4.79 Å². The molecular weight excluding hydrogens is 196 g/mol. The molecule has 5 heteroatoms. The van der Waals surface area contributed by atoms with Crippen LogP contribution in [0, 0.1) is 0 Å². The highest BCUT2D eigenvalue weighted by Gasteiger charge is 2.16. The average Bonchev–Trinajstić information content (AvgIpc) is 2.59. The van der Waals surface area contributed by atoms with Gasteiger partial charge in [-0.3, -0.25) is 4.79 Å². The molecule has 0 saturated carbocycles. The van der Waals surface area contributed by atoms with E-state index in [1.54, 1.807) is 16.8 Å². The first kappa shape index (κ1) is 9.67. The molecule has 15 heavy (non-hydrogen) atoms. The lowest BCUT2D eigenvalue weighted by molar-refractivity contribution is -0.139. The van der Waals surface area contributed by atoms with Crippen LogP contribution in [-0.4, -0.2) is 25.8 Å². The number of aliphatic carboxylic acids is 1. The molecule has 2 aromatic heterocycles. The number of fused-ring (bicyclic) bond motifs is 1. The number of aliphatic hydroxyl groups excluding tert-OH is 1. The van der Waals surface area contributed by atoms with Crippen LogP contribution in [0.25, 0.3) is 5.52 Å². The Morgan fingerprint density at radius 1 is 1.53 bits per heavy atom. The fourth-order valence-corrected chi connectivity index (χ4v) is 1.49. The lowest BCUT2D eigenvalue weighted by atomic mass is 10.1. The van der Waals surface area contributed by atoms with Crippen molar-refractivity contribution in [1.29, 1.82) is 0 Å². The predicted molar refractivity (Wildman–Crippen MR) is 52.4 cm³/mol. The van der Waals surface area contributed by atoms with Crippen LogP contribution in [0.4, 0.5) is 0 Å². The highest BCUT2D eigenvalue weighted by Crippen LogP contribution is 2.21. The zero-order chi connectivity index (χ0) is 10.8. The molecule has 5 nitrogen and oxygen atoms in total. The largest absolute Gasteiger partial charge is 0.481 e. The third-order valence-electron chi connectivity index (χ3n) is 2.18. The maximum atomic E-state index is 10.5. The van der Waals surface area contributed by atoms with Gasteiger partial charge in [0.25, 0.3) is 0 Å². The van der Waals surface area contributed by atoms with Crippen LogP contribution in [0.3, 0.4) is 0 Å². The van der Waals surface area contributed by atoms with Gasteiger partial charge in [-0.15, -0.1) is 0 Å². The number of aromatic nitrogens is 2. The molecule has 0 aliphatic heterocycles. The molecule has 2 heterocycles. The normalized spacial score (nSPS) is 12.9. The molecule has 2 aromatic rings. The quantitative estimate of drug-likeness (QED) is 0.780. The number of carbonyl (C=O) groups is 1. The minimum atomic E-state index is -1.03. The van der Waals surface area contributed by atoms with Gasteiger partial charge in [0.05, 0.1) is 24.2 Å². The molecule has 78 valence electrons. The van der Waals surface area contributed by atoms with E-state index >= 15 is 0 Å². The van der Waals surface area contributed by atoms with Gasteiger partial charge in [-0.2, -0.15) is 5.10 Å². The fourth-order valence-electron chi connectivity index (χ4n) is 1.49. The summed E-state index contributed by atoms with van der Waals surface area (Å²) in [5.41, 5.74) is 1.27. The Morgan fingerprint density at radius 3 is 3.07 bits per heavy atom. The standard InChI is InChI=1S/C10H10N2O3/c13-9(5-10(14)15)7-6-11-12-4-2-1-3-8(7)12/h1-4,6,9,13H,5H2,(H,14,15)/t9-/m1/s1. The smallest absolute Gasteiger partial charge is 0.306 e. The Hall–Kier alpha value is -1.88. The molecule has 2 N–H and O–H groups in total. The van der Waals surface area contributed by atoms with Crippen LogP contribution >= 0.6 is 0 Å². The van der Waals surface area contributed by atoms with Gasteiger partial charge >= 0.3 is 5.97 Å². The molecule has 0 aliphatic rings. The number of rotatable bonds is 3. The maximum absolute atomic E-state index is 10.5. The van der Waals surface area contributed by atoms with Crippen molar-refractivity contribution in [3.8, 4) is 0 Å². The van der Waals surface area contributed by atoms with Gasteiger partial charge in [-0.05, 0) is 12.1 Å². The highest BCUT2D eigenvalue weighted by atomic mass is 16.4. The molecule has 0 saturated heterocycles. The van der Waals surface area contributed by atoms with E-state index in [1.165, 1.54) is 6.20 Å². The molecule has 2 rings (SSSR count). The SMILES string of the molecule is O=C(O)C[C@@H](O)c1cnn2ccccc12. The molecule has 0 fully saturated rings. The molecule has 0 aliphatic carbocycles. The second-order valence-corrected chi connectivity index (χ2v) is 3.24. The van der Waals surface area contributed by atoms with E-state index in [4.69, 9.17) is 5.11 Å². The van der Waals surface area contributed by atoms with Gasteiger partial charge in [-0.1, -0.05) is 6.07 Å². The van der Waals surface area contributed by atoms with Gasteiger partial charge in [0.1, 0.15) is 0 Å². The van der Waals surface area contributed by atoms with Crippen molar-refractivity contribution < 1.29 is 15.0 Å². The van der Waals surface area contributed by atoms with Crippen LogP contribution in [0.5, 0.6) is 0 Å². The van der Waals surface area contributed by atoms with Crippen molar-refractivity contribution in [3.05, 3.63) is 36.2 Å². The summed E-state index contributed by atoms with van der Waals surface area (Å²) in [6.07, 6.45) is 1.91. The van der Waals surface area contributed by atoms with Crippen molar-refractivity contribution in [2.45, 2.75) is 12.5 Å². The first-order chi connectivity index (χ1) is 7.18. The van der Waals surface area contributed by atoms with Crippen molar-refractivity contribution in [2.24, 2.45) is 0 Å². The molecule has 0 aromatic carbocycles. The summed E-state index contributed by atoms with van der Waals surface area (Å²) in [5, 5.41) is 22.2. The molecule has 0 radical (unpaired) electrons. The summed E-state index contributed by atoms with van der Waals surface area (Å²) in [6.45, 7) is 0. The minimum Gasteiger partial charge on any atom is -0.481 e. The monoisotopic (exact) mass is 206 g/mol. The fraction of sp³-hybridized carbons (Fsp3) is 0.200. The van der Waals surface area contributed by atoms with Crippen LogP contribution in [0.15, 0.2) is 30.6 Å². The number of nitrogens with zero attached hydrogens (tertiary/aromatic N) is 2. The minimum absolute atomic E-state index is 0.309. The van der Waals surface area contributed by atoms with E-state index in [-0.39, 0.29) is 6.42 Å². The Kier molecular flexibility index (Phi) is 2.39. The van der Waals surface area contributed by atoms with E-state index in [0.29, 0.717) is 5.56 Å². The first-order valence-electron chi connectivity index (χ1n) is 4.50. The molecule has 0 bridgehead atoms. The number of carboxylic acids is 1. The lowest BCUT2D eigenvalue weighted by Gasteiger charge is -2.05. The number of carboxylic acid groups (broad SMARTS) is 1. The summed E-state index contributed by atoms with van der Waals surface area (Å²) < 4.78 is 1.60. The summed E-state index contributed by atoms with van der Waals surface area (Å²) in [6, 6.07) is 5.41. The zero-order valence-electron chi connectivity index (χ0n) is 7.87. The average molecular weight is 206 g/mol. The zero-order valence-corrected chi connectivity index (χ0v) is 7.87. The number of aliphatic hydroxyl groups is 1. The maximum Gasteiger partial charge on any atom is 0.306 e. The van der Waals surface area contributed by atoms with Gasteiger partial charge in [0, 0.05) is 11.8 Å². The summed E-state index contributed by atoms with van der Waals surface area (Å²) >= 11 is 0. The van der Waals surface area contributed by atoms with E-state index in [0.717, 1.165) is 5.52 Å². The number of hydrogen-bond acceptors (Lipinski definition) is 3. The van der Waals surface area contributed by atoms with Crippen molar-refractivity contribution in [2.75, 3.05) is 0 Å². The van der Waals surface area contributed by atoms with Gasteiger partial charge in [-0.25, -0.2) is 4.52 Å². The first-order valence-corrected chi connectivity index (χ1v) is 4.50. The Labute approximate surface area is 85.6 Å². The summed E-state index contributed by atoms with van der Waals surface area (Å²) in [7, 11) is 0. The van der Waals surface area contributed by atoms with Gasteiger partial charge in [0.15, 0.2) is 0 Å². The van der Waals surface area contributed by atoms with Crippen molar-refractivity contribution in [1.82, 2.24) is 9.61 Å². The topological polar surface area (TPSA) is 74.8 Å². The van der Waals surface area contributed by atoms with Crippen LogP contribution in [0.2, 0.25) is 0 Å². The molecule has 1 atom stereocenters.